The van der Waals surface area contributed by atoms with E-state index in [0.29, 0.717) is 0 Å². The van der Waals surface area contributed by atoms with E-state index in [1.807, 2.05) is 11.6 Å². The van der Waals surface area contributed by atoms with Crippen LogP contribution in [0.3, 0.4) is 0 Å². The number of aromatic nitrogens is 3. The Morgan fingerprint density at radius 3 is 2.89 bits per heavy atom. The minimum absolute atomic E-state index is 0.207. The second-order valence-electron chi connectivity index (χ2n) is 4.42. The predicted molar refractivity (Wildman–Crippen MR) is 68.7 cm³/mol. The van der Waals surface area contributed by atoms with E-state index in [1.54, 1.807) is 6.07 Å². The van der Waals surface area contributed by atoms with Crippen molar-refractivity contribution in [3.05, 3.63) is 23.5 Å². The highest BCUT2D eigenvalue weighted by Crippen LogP contribution is 2.18. The quantitative estimate of drug-likeness (QED) is 0.825. The lowest BCUT2D eigenvalue weighted by molar-refractivity contribution is 0.0696. The zero-order valence-electron chi connectivity index (χ0n) is 10.7. The number of nitrogens with zero attached hydrogens (tertiary/aromatic N) is 3. The third-order valence-corrected chi connectivity index (χ3v) is 2.99. The molecule has 2 aromatic heterocycles. The molecule has 0 aliphatic heterocycles. The number of aryl methyl sites for hydroxylation is 2. The third kappa shape index (κ3) is 2.34. The molecule has 96 valence electrons. The molecule has 0 bridgehead atoms. The zero-order valence-corrected chi connectivity index (χ0v) is 10.7. The lowest BCUT2D eigenvalue weighted by Crippen LogP contribution is -2.02. The molecule has 0 atom stereocenters. The number of unbranched alkanes of at least 4 members (excludes halogenated alkanes) is 2. The molecule has 2 rings (SSSR count). The summed E-state index contributed by atoms with van der Waals surface area (Å²) in [5.41, 5.74) is 1.81. The molecule has 18 heavy (non-hydrogen) atoms. The standard InChI is InChI=1S/C13H17N3O2/c1-3-4-5-6-16-12-11(9(2)15-16)7-10(8-14-12)13(17)18/h7-8H,3-6H2,1-2H3,(H,17,18). The summed E-state index contributed by atoms with van der Waals surface area (Å²) in [6.45, 7) is 4.87. The SMILES string of the molecule is CCCCCn1nc(C)c2cc(C(=O)O)cnc21. The molecule has 5 heteroatoms. The lowest BCUT2D eigenvalue weighted by atomic mass is 10.2. The topological polar surface area (TPSA) is 68.0 Å². The fourth-order valence-corrected chi connectivity index (χ4v) is 2.00. The van der Waals surface area contributed by atoms with Crippen LogP contribution in [0.15, 0.2) is 12.3 Å². The number of carbonyl (C=O) groups is 1. The van der Waals surface area contributed by atoms with Gasteiger partial charge in [0.15, 0.2) is 5.65 Å². The number of rotatable bonds is 5. The van der Waals surface area contributed by atoms with E-state index in [0.717, 1.165) is 42.5 Å². The predicted octanol–water partition coefficient (Wildman–Crippen LogP) is 2.63. The normalized spacial score (nSPS) is 11.0. The summed E-state index contributed by atoms with van der Waals surface area (Å²) in [6, 6.07) is 1.64. The van der Waals surface area contributed by atoms with Crippen molar-refractivity contribution in [2.24, 2.45) is 0 Å². The van der Waals surface area contributed by atoms with Crippen LogP contribution in [0.1, 0.15) is 42.2 Å². The molecule has 0 aromatic carbocycles. The van der Waals surface area contributed by atoms with Gasteiger partial charge >= 0.3 is 5.97 Å². The fraction of sp³-hybridized carbons (Fsp3) is 0.462. The van der Waals surface area contributed by atoms with Crippen LogP contribution in [0, 0.1) is 6.92 Å². The van der Waals surface area contributed by atoms with E-state index in [1.165, 1.54) is 6.20 Å². The van der Waals surface area contributed by atoms with Crippen molar-refractivity contribution in [3.8, 4) is 0 Å². The Balaban J connectivity index is 2.36. The number of carboxylic acids is 1. The van der Waals surface area contributed by atoms with Crippen LogP contribution in [-0.4, -0.2) is 25.8 Å². The number of aromatic carboxylic acids is 1. The van der Waals surface area contributed by atoms with Gasteiger partial charge in [-0.1, -0.05) is 19.8 Å². The molecular weight excluding hydrogens is 230 g/mol. The van der Waals surface area contributed by atoms with E-state index in [9.17, 15) is 4.79 Å². The Morgan fingerprint density at radius 2 is 2.22 bits per heavy atom. The smallest absolute Gasteiger partial charge is 0.337 e. The Morgan fingerprint density at radius 1 is 1.44 bits per heavy atom. The Hall–Kier alpha value is -1.91. The van der Waals surface area contributed by atoms with Crippen molar-refractivity contribution in [2.75, 3.05) is 0 Å². The summed E-state index contributed by atoms with van der Waals surface area (Å²) in [4.78, 5) is 15.1. The van der Waals surface area contributed by atoms with Gasteiger partial charge in [0.2, 0.25) is 0 Å². The first kappa shape index (κ1) is 12.5. The van der Waals surface area contributed by atoms with Crippen molar-refractivity contribution >= 4 is 17.0 Å². The first-order valence-corrected chi connectivity index (χ1v) is 6.20. The highest BCUT2D eigenvalue weighted by Gasteiger charge is 2.11. The molecule has 2 heterocycles. The summed E-state index contributed by atoms with van der Waals surface area (Å²) >= 11 is 0. The Bertz CT molecular complexity index is 575. The summed E-state index contributed by atoms with van der Waals surface area (Å²) in [5.74, 6) is -0.956. The summed E-state index contributed by atoms with van der Waals surface area (Å²) in [6.07, 6.45) is 4.78. The zero-order chi connectivity index (χ0) is 13.1. The van der Waals surface area contributed by atoms with Gasteiger partial charge in [-0.25, -0.2) is 14.5 Å². The molecule has 0 amide bonds. The maximum atomic E-state index is 10.9. The van der Waals surface area contributed by atoms with E-state index >= 15 is 0 Å². The minimum Gasteiger partial charge on any atom is -0.478 e. The summed E-state index contributed by atoms with van der Waals surface area (Å²) in [5, 5.41) is 14.2. The van der Waals surface area contributed by atoms with E-state index < -0.39 is 5.97 Å². The molecule has 5 nitrogen and oxygen atoms in total. The Kier molecular flexibility index (Phi) is 3.60. The molecule has 0 radical (unpaired) electrons. The van der Waals surface area contributed by atoms with Gasteiger partial charge in [0.05, 0.1) is 11.3 Å². The molecule has 0 aliphatic carbocycles. The second-order valence-corrected chi connectivity index (χ2v) is 4.42. The molecule has 0 saturated carbocycles. The van der Waals surface area contributed by atoms with Gasteiger partial charge in [-0.2, -0.15) is 5.10 Å². The van der Waals surface area contributed by atoms with Gasteiger partial charge in [0, 0.05) is 18.1 Å². The van der Waals surface area contributed by atoms with Gasteiger partial charge in [-0.05, 0) is 19.4 Å². The van der Waals surface area contributed by atoms with Crippen LogP contribution >= 0.6 is 0 Å². The monoisotopic (exact) mass is 247 g/mol. The molecule has 0 unspecified atom stereocenters. The molecule has 0 fully saturated rings. The third-order valence-electron chi connectivity index (χ3n) is 2.99. The van der Waals surface area contributed by atoms with Crippen molar-refractivity contribution < 1.29 is 9.90 Å². The minimum atomic E-state index is -0.956. The maximum absolute atomic E-state index is 10.9. The average molecular weight is 247 g/mol. The largest absolute Gasteiger partial charge is 0.478 e. The molecule has 2 aromatic rings. The molecular formula is C13H17N3O2. The van der Waals surface area contributed by atoms with E-state index in [4.69, 9.17) is 5.11 Å². The Labute approximate surface area is 105 Å². The summed E-state index contributed by atoms with van der Waals surface area (Å²) < 4.78 is 1.87. The van der Waals surface area contributed by atoms with Crippen LogP contribution in [0.2, 0.25) is 0 Å². The van der Waals surface area contributed by atoms with Crippen molar-refractivity contribution in [2.45, 2.75) is 39.7 Å². The number of hydrogen-bond donors (Lipinski definition) is 1. The van der Waals surface area contributed by atoms with Crippen molar-refractivity contribution in [1.82, 2.24) is 14.8 Å². The highest BCUT2D eigenvalue weighted by molar-refractivity contribution is 5.92. The number of pyridine rings is 1. The van der Waals surface area contributed by atoms with Crippen LogP contribution in [-0.2, 0) is 6.54 Å². The van der Waals surface area contributed by atoms with Crippen LogP contribution < -0.4 is 0 Å². The number of fused-ring (bicyclic) bond motifs is 1. The first-order valence-electron chi connectivity index (χ1n) is 6.20. The summed E-state index contributed by atoms with van der Waals surface area (Å²) in [7, 11) is 0. The van der Waals surface area contributed by atoms with Crippen LogP contribution in [0.25, 0.3) is 11.0 Å². The van der Waals surface area contributed by atoms with Crippen molar-refractivity contribution in [3.63, 3.8) is 0 Å². The van der Waals surface area contributed by atoms with Gasteiger partial charge < -0.3 is 5.11 Å². The van der Waals surface area contributed by atoms with E-state index in [-0.39, 0.29) is 5.56 Å². The van der Waals surface area contributed by atoms with Crippen LogP contribution in [0.5, 0.6) is 0 Å². The second kappa shape index (κ2) is 5.16. The lowest BCUT2D eigenvalue weighted by Gasteiger charge is -2.01. The van der Waals surface area contributed by atoms with Gasteiger partial charge in [-0.15, -0.1) is 0 Å². The number of hydrogen-bond acceptors (Lipinski definition) is 3. The molecule has 0 saturated heterocycles. The van der Waals surface area contributed by atoms with Crippen molar-refractivity contribution in [1.29, 1.82) is 0 Å². The highest BCUT2D eigenvalue weighted by atomic mass is 16.4. The van der Waals surface area contributed by atoms with Gasteiger partial charge in [0.1, 0.15) is 0 Å². The molecule has 1 N–H and O–H groups in total. The fourth-order valence-electron chi connectivity index (χ4n) is 2.00. The average Bonchev–Trinajstić information content (AvgIpc) is 2.66. The van der Waals surface area contributed by atoms with Gasteiger partial charge in [0.25, 0.3) is 0 Å². The van der Waals surface area contributed by atoms with E-state index in [2.05, 4.69) is 17.0 Å². The van der Waals surface area contributed by atoms with Gasteiger partial charge in [-0.3, -0.25) is 0 Å². The number of carboxylic acid groups (broad SMARTS) is 1. The van der Waals surface area contributed by atoms with Crippen LogP contribution in [0.4, 0.5) is 0 Å². The molecule has 0 aliphatic rings. The first-order chi connectivity index (χ1) is 8.63. The molecule has 0 spiro atoms. The maximum Gasteiger partial charge on any atom is 0.337 e.